The molecule has 0 saturated carbocycles. The molecule has 33 heavy (non-hydrogen) atoms. The van der Waals surface area contributed by atoms with E-state index in [2.05, 4.69) is 29.6 Å². The number of fused-ring (bicyclic) bond motifs is 3. The molecule has 174 valence electrons. The highest BCUT2D eigenvalue weighted by atomic mass is 16.5. The van der Waals surface area contributed by atoms with Crippen LogP contribution in [0.15, 0.2) is 48.5 Å². The van der Waals surface area contributed by atoms with E-state index in [1.165, 1.54) is 11.1 Å². The highest BCUT2D eigenvalue weighted by Gasteiger charge is 2.32. The standard InChI is InChI=1S/C25H29N3O5/c1-27-13-14-28(15-22(27)24(30)31)23(29)11-6-12-26-25(32)33-16-21-19-9-4-2-7-17(19)18-8-3-5-10-20(18)21/h2-5,7-10,21-22H,6,11-16H2,1H3,(H,26,32)(H,30,31). The maximum Gasteiger partial charge on any atom is 0.407 e. The topological polar surface area (TPSA) is 99.2 Å². The number of carboxylic acids is 1. The van der Waals surface area contributed by atoms with Gasteiger partial charge in [-0.05, 0) is 35.7 Å². The molecule has 8 heteroatoms. The summed E-state index contributed by atoms with van der Waals surface area (Å²) >= 11 is 0. The van der Waals surface area contributed by atoms with Crippen molar-refractivity contribution in [1.29, 1.82) is 0 Å². The number of likely N-dealkylation sites (N-methyl/N-ethyl adjacent to an activating group) is 1. The number of nitrogens with one attached hydrogen (secondary N) is 1. The Morgan fingerprint density at radius 3 is 2.30 bits per heavy atom. The molecule has 2 aromatic rings. The minimum atomic E-state index is -0.924. The molecule has 1 unspecified atom stereocenters. The van der Waals surface area contributed by atoms with Crippen molar-refractivity contribution in [2.75, 3.05) is 39.8 Å². The molecular weight excluding hydrogens is 422 g/mol. The van der Waals surface area contributed by atoms with Gasteiger partial charge < -0.3 is 20.1 Å². The van der Waals surface area contributed by atoms with E-state index in [1.807, 2.05) is 24.3 Å². The minimum absolute atomic E-state index is 0.00383. The highest BCUT2D eigenvalue weighted by Crippen LogP contribution is 2.44. The van der Waals surface area contributed by atoms with Gasteiger partial charge in [0, 0.05) is 38.5 Å². The highest BCUT2D eigenvalue weighted by molar-refractivity contribution is 5.80. The second-order valence-corrected chi connectivity index (χ2v) is 8.53. The first-order valence-electron chi connectivity index (χ1n) is 11.3. The third kappa shape index (κ3) is 5.01. The van der Waals surface area contributed by atoms with E-state index in [0.29, 0.717) is 26.1 Å². The summed E-state index contributed by atoms with van der Waals surface area (Å²) in [6.45, 7) is 1.79. The maximum atomic E-state index is 12.4. The molecule has 2 N–H and O–H groups in total. The Balaban J connectivity index is 1.21. The molecule has 2 amide bonds. The van der Waals surface area contributed by atoms with Gasteiger partial charge in [0.15, 0.2) is 0 Å². The molecule has 1 atom stereocenters. The van der Waals surface area contributed by atoms with Gasteiger partial charge in [-0.15, -0.1) is 0 Å². The fraction of sp³-hybridized carbons (Fsp3) is 0.400. The van der Waals surface area contributed by atoms with Crippen molar-refractivity contribution in [2.24, 2.45) is 0 Å². The van der Waals surface area contributed by atoms with Gasteiger partial charge in [-0.1, -0.05) is 48.5 Å². The van der Waals surface area contributed by atoms with Crippen molar-refractivity contribution in [2.45, 2.75) is 24.8 Å². The number of hydrogen-bond donors (Lipinski definition) is 2. The van der Waals surface area contributed by atoms with E-state index < -0.39 is 18.1 Å². The third-order valence-electron chi connectivity index (χ3n) is 6.47. The Bertz CT molecular complexity index is 995. The van der Waals surface area contributed by atoms with Crippen LogP contribution in [0.1, 0.15) is 29.9 Å². The van der Waals surface area contributed by atoms with Crippen LogP contribution >= 0.6 is 0 Å². The zero-order chi connectivity index (χ0) is 23.4. The summed E-state index contributed by atoms with van der Waals surface area (Å²) in [4.78, 5) is 39.3. The number of hydrogen-bond acceptors (Lipinski definition) is 5. The number of carbonyl (C=O) groups excluding carboxylic acids is 2. The van der Waals surface area contributed by atoms with Crippen LogP contribution in [-0.4, -0.2) is 78.8 Å². The predicted molar refractivity (Wildman–Crippen MR) is 123 cm³/mol. The van der Waals surface area contributed by atoms with Crippen molar-refractivity contribution in [3.8, 4) is 11.1 Å². The quantitative estimate of drug-likeness (QED) is 0.628. The van der Waals surface area contributed by atoms with Gasteiger partial charge in [0.1, 0.15) is 12.6 Å². The molecule has 4 rings (SSSR count). The maximum absolute atomic E-state index is 12.4. The average Bonchev–Trinajstić information content (AvgIpc) is 3.14. The van der Waals surface area contributed by atoms with E-state index in [9.17, 15) is 19.5 Å². The summed E-state index contributed by atoms with van der Waals surface area (Å²) in [7, 11) is 1.75. The first kappa shape index (κ1) is 22.8. The molecule has 2 aliphatic rings. The van der Waals surface area contributed by atoms with E-state index in [1.54, 1.807) is 16.8 Å². The van der Waals surface area contributed by atoms with Gasteiger partial charge in [0.05, 0.1) is 0 Å². The van der Waals surface area contributed by atoms with Gasteiger partial charge in [-0.25, -0.2) is 4.79 Å². The first-order valence-corrected chi connectivity index (χ1v) is 11.3. The van der Waals surface area contributed by atoms with E-state index in [-0.39, 0.29) is 31.4 Å². The van der Waals surface area contributed by atoms with Crippen molar-refractivity contribution in [1.82, 2.24) is 15.1 Å². The predicted octanol–water partition coefficient (Wildman–Crippen LogP) is 2.53. The van der Waals surface area contributed by atoms with Gasteiger partial charge >= 0.3 is 12.1 Å². The number of carbonyl (C=O) groups is 3. The van der Waals surface area contributed by atoms with Gasteiger partial charge in [0.2, 0.25) is 5.91 Å². The van der Waals surface area contributed by atoms with Crippen LogP contribution in [0, 0.1) is 0 Å². The number of amides is 2. The first-order chi connectivity index (χ1) is 16.0. The molecule has 1 saturated heterocycles. The number of rotatable bonds is 7. The summed E-state index contributed by atoms with van der Waals surface area (Å²) in [5, 5.41) is 12.0. The lowest BCUT2D eigenvalue weighted by atomic mass is 9.98. The molecule has 1 heterocycles. The number of benzene rings is 2. The van der Waals surface area contributed by atoms with Crippen LogP contribution in [0.4, 0.5) is 4.79 Å². The summed E-state index contributed by atoms with van der Waals surface area (Å²) in [5.41, 5.74) is 4.66. The Labute approximate surface area is 193 Å². The Hall–Kier alpha value is -3.39. The number of alkyl carbamates (subject to hydrolysis) is 1. The largest absolute Gasteiger partial charge is 0.480 e. The van der Waals surface area contributed by atoms with Crippen LogP contribution in [0.3, 0.4) is 0 Å². The monoisotopic (exact) mass is 451 g/mol. The molecule has 0 radical (unpaired) electrons. The zero-order valence-corrected chi connectivity index (χ0v) is 18.7. The van der Waals surface area contributed by atoms with Crippen LogP contribution < -0.4 is 5.32 Å². The number of aliphatic carboxylic acids is 1. The van der Waals surface area contributed by atoms with Gasteiger partial charge in [-0.3, -0.25) is 14.5 Å². The molecule has 1 fully saturated rings. The summed E-state index contributed by atoms with van der Waals surface area (Å²) in [5.74, 6) is -1.01. The lowest BCUT2D eigenvalue weighted by Gasteiger charge is -2.37. The molecule has 1 aliphatic carbocycles. The smallest absolute Gasteiger partial charge is 0.407 e. The SMILES string of the molecule is CN1CCN(C(=O)CCCNC(=O)OCC2c3ccccc3-c3ccccc32)CC1C(=O)O. The van der Waals surface area contributed by atoms with Gasteiger partial charge in [-0.2, -0.15) is 0 Å². The second kappa shape index (κ2) is 10.0. The zero-order valence-electron chi connectivity index (χ0n) is 18.7. The van der Waals surface area contributed by atoms with Crippen molar-refractivity contribution in [3.05, 3.63) is 59.7 Å². The van der Waals surface area contributed by atoms with E-state index in [4.69, 9.17) is 4.74 Å². The van der Waals surface area contributed by atoms with E-state index in [0.717, 1.165) is 11.1 Å². The lowest BCUT2D eigenvalue weighted by molar-refractivity contribution is -0.147. The molecular formula is C25H29N3O5. The molecule has 0 aromatic heterocycles. The molecule has 0 spiro atoms. The second-order valence-electron chi connectivity index (χ2n) is 8.53. The van der Waals surface area contributed by atoms with E-state index >= 15 is 0 Å². The number of piperazine rings is 1. The molecule has 8 nitrogen and oxygen atoms in total. The molecule has 1 aliphatic heterocycles. The third-order valence-corrected chi connectivity index (χ3v) is 6.47. The fourth-order valence-corrected chi connectivity index (χ4v) is 4.60. The summed E-state index contributed by atoms with van der Waals surface area (Å²) in [6, 6.07) is 15.6. The summed E-state index contributed by atoms with van der Waals surface area (Å²) in [6.07, 6.45) is 0.210. The lowest BCUT2D eigenvalue weighted by Crippen LogP contribution is -2.56. The van der Waals surface area contributed by atoms with Crippen LogP contribution in [0.5, 0.6) is 0 Å². The normalized spacial score (nSPS) is 17.8. The van der Waals surface area contributed by atoms with Crippen LogP contribution in [-0.2, 0) is 14.3 Å². The summed E-state index contributed by atoms with van der Waals surface area (Å²) < 4.78 is 5.50. The number of nitrogens with zero attached hydrogens (tertiary/aromatic N) is 2. The van der Waals surface area contributed by atoms with Crippen LogP contribution in [0.2, 0.25) is 0 Å². The number of ether oxygens (including phenoxy) is 1. The Kier molecular flexibility index (Phi) is 6.93. The Morgan fingerprint density at radius 1 is 1.03 bits per heavy atom. The van der Waals surface area contributed by atoms with Crippen molar-refractivity contribution in [3.63, 3.8) is 0 Å². The van der Waals surface area contributed by atoms with Gasteiger partial charge in [0.25, 0.3) is 0 Å². The molecule has 2 aromatic carbocycles. The Morgan fingerprint density at radius 2 is 1.67 bits per heavy atom. The average molecular weight is 452 g/mol. The minimum Gasteiger partial charge on any atom is -0.480 e. The van der Waals surface area contributed by atoms with Crippen molar-refractivity contribution < 1.29 is 24.2 Å². The van der Waals surface area contributed by atoms with Crippen molar-refractivity contribution >= 4 is 18.0 Å². The van der Waals surface area contributed by atoms with Crippen LogP contribution in [0.25, 0.3) is 11.1 Å². The fourth-order valence-electron chi connectivity index (χ4n) is 4.60. The molecule has 0 bridgehead atoms. The number of carboxylic acid groups (broad SMARTS) is 1.